The number of methoxy groups -OCH3 is 1. The number of rotatable bonds is 7. The van der Waals surface area contributed by atoms with Crippen LogP contribution >= 0.6 is 0 Å². The van der Waals surface area contributed by atoms with Crippen molar-refractivity contribution >= 4 is 32.5 Å². The number of amides is 1. The van der Waals surface area contributed by atoms with Gasteiger partial charge >= 0.3 is 0 Å². The van der Waals surface area contributed by atoms with Crippen LogP contribution in [0.3, 0.4) is 0 Å². The molecule has 172 valence electrons. The molecule has 9 nitrogen and oxygen atoms in total. The number of phenolic OH excluding ortho intramolecular Hbond substituents is 1. The zero-order valence-electron chi connectivity index (χ0n) is 17.9. The molecule has 1 heterocycles. The van der Waals surface area contributed by atoms with Crippen LogP contribution in [0.1, 0.15) is 17.5 Å². The Hall–Kier alpha value is -3.63. The third-order valence-corrected chi connectivity index (χ3v) is 7.15. The molecule has 1 unspecified atom stereocenters. The highest BCUT2D eigenvalue weighted by atomic mass is 32.2. The van der Waals surface area contributed by atoms with Crippen molar-refractivity contribution < 1.29 is 23.1 Å². The molecule has 3 aromatic carbocycles. The number of carbonyl (C=O) groups is 1. The van der Waals surface area contributed by atoms with Crippen molar-refractivity contribution in [1.29, 1.82) is 5.41 Å². The summed E-state index contributed by atoms with van der Waals surface area (Å²) in [6.07, 6.45) is 0.298. The fraction of sp³-hybridized carbons (Fsp3) is 0.217. The average Bonchev–Trinajstić information content (AvgIpc) is 3.12. The summed E-state index contributed by atoms with van der Waals surface area (Å²) in [6.45, 7) is 0.407. The van der Waals surface area contributed by atoms with Crippen molar-refractivity contribution in [2.24, 2.45) is 5.73 Å². The molecule has 4 rings (SSSR count). The molecule has 1 fully saturated rings. The normalized spacial score (nSPS) is 16.3. The Kier molecular flexibility index (Phi) is 5.96. The predicted molar refractivity (Wildman–Crippen MR) is 124 cm³/mol. The summed E-state index contributed by atoms with van der Waals surface area (Å²) in [5, 5.41) is 19.2. The smallest absolute Gasteiger partial charge is 0.241 e. The molecule has 1 saturated heterocycles. The quantitative estimate of drug-likeness (QED) is 0.308. The lowest BCUT2D eigenvalue weighted by Gasteiger charge is -2.18. The van der Waals surface area contributed by atoms with Gasteiger partial charge in [0.2, 0.25) is 15.9 Å². The molecule has 0 radical (unpaired) electrons. The van der Waals surface area contributed by atoms with Gasteiger partial charge in [-0.15, -0.1) is 0 Å². The Morgan fingerprint density at radius 3 is 2.67 bits per heavy atom. The second-order valence-electron chi connectivity index (χ2n) is 7.85. The van der Waals surface area contributed by atoms with Gasteiger partial charge in [-0.1, -0.05) is 12.1 Å². The number of amidine groups is 1. The van der Waals surface area contributed by atoms with Gasteiger partial charge in [0.1, 0.15) is 23.4 Å². The molecule has 0 saturated carbocycles. The molecule has 0 spiro atoms. The number of benzene rings is 3. The summed E-state index contributed by atoms with van der Waals surface area (Å²) in [7, 11) is -2.40. The van der Waals surface area contributed by atoms with Crippen molar-refractivity contribution in [2.75, 3.05) is 13.7 Å². The number of fused-ring (bicyclic) bond motifs is 1. The van der Waals surface area contributed by atoms with E-state index in [1.54, 1.807) is 30.3 Å². The van der Waals surface area contributed by atoms with Crippen LogP contribution in [0, 0.1) is 5.41 Å². The SMILES string of the molecule is COc1ccc2ccc(S(=O)(=O)NC3CCN(Cc4cc(C(=N)N)ccc4O)C3=O)cc2c1. The van der Waals surface area contributed by atoms with Crippen LogP contribution in [0.5, 0.6) is 11.5 Å². The van der Waals surface area contributed by atoms with Crippen LogP contribution in [0.2, 0.25) is 0 Å². The van der Waals surface area contributed by atoms with Gasteiger partial charge in [0.25, 0.3) is 0 Å². The Balaban J connectivity index is 1.51. The van der Waals surface area contributed by atoms with Crippen molar-refractivity contribution in [3.05, 3.63) is 65.7 Å². The summed E-state index contributed by atoms with van der Waals surface area (Å²) >= 11 is 0. The molecule has 0 aliphatic carbocycles. The van der Waals surface area contributed by atoms with Crippen molar-refractivity contribution in [2.45, 2.75) is 23.9 Å². The van der Waals surface area contributed by atoms with Crippen LogP contribution in [-0.4, -0.2) is 49.9 Å². The molecule has 10 heteroatoms. The van der Waals surface area contributed by atoms with E-state index >= 15 is 0 Å². The van der Waals surface area contributed by atoms with Crippen molar-refractivity contribution in [3.8, 4) is 11.5 Å². The van der Waals surface area contributed by atoms with E-state index in [-0.39, 0.29) is 28.9 Å². The minimum absolute atomic E-state index is 0.0246. The highest BCUT2D eigenvalue weighted by Gasteiger charge is 2.35. The third-order valence-electron chi connectivity index (χ3n) is 5.68. The summed E-state index contributed by atoms with van der Waals surface area (Å²) in [5.41, 5.74) is 6.37. The van der Waals surface area contributed by atoms with E-state index in [0.29, 0.717) is 35.2 Å². The Labute approximate surface area is 191 Å². The largest absolute Gasteiger partial charge is 0.508 e. The molecule has 0 bridgehead atoms. The number of sulfonamides is 1. The lowest BCUT2D eigenvalue weighted by Crippen LogP contribution is -2.41. The first-order valence-electron chi connectivity index (χ1n) is 10.2. The van der Waals surface area contributed by atoms with Crippen molar-refractivity contribution in [1.82, 2.24) is 9.62 Å². The van der Waals surface area contributed by atoms with E-state index < -0.39 is 16.1 Å². The van der Waals surface area contributed by atoms with Crippen LogP contribution in [0.25, 0.3) is 10.8 Å². The van der Waals surface area contributed by atoms with Gasteiger partial charge in [-0.3, -0.25) is 10.2 Å². The maximum atomic E-state index is 13.0. The standard InChI is InChI=1S/C23H24N4O5S/c1-32-18-5-2-14-3-6-19(12-16(14)11-18)33(30,31)26-20-8-9-27(23(20)29)13-17-10-15(22(24)25)4-7-21(17)28/h2-7,10-12,20,26,28H,8-9,13H2,1H3,(H3,24,25). The van der Waals surface area contributed by atoms with Gasteiger partial charge in [-0.25, -0.2) is 8.42 Å². The topological polar surface area (TPSA) is 146 Å². The van der Waals surface area contributed by atoms with Crippen LogP contribution in [0.4, 0.5) is 0 Å². The third kappa shape index (κ3) is 4.62. The first kappa shape index (κ1) is 22.6. The van der Waals surface area contributed by atoms with E-state index in [1.807, 2.05) is 6.07 Å². The van der Waals surface area contributed by atoms with Crippen LogP contribution < -0.4 is 15.2 Å². The van der Waals surface area contributed by atoms with Crippen molar-refractivity contribution in [3.63, 3.8) is 0 Å². The average molecular weight is 469 g/mol. The lowest BCUT2D eigenvalue weighted by molar-refractivity contribution is -0.129. The zero-order chi connectivity index (χ0) is 23.8. The number of likely N-dealkylation sites (tertiary alicyclic amines) is 1. The second kappa shape index (κ2) is 8.72. The summed E-state index contributed by atoms with van der Waals surface area (Å²) in [5.74, 6) is 0.0587. The number of nitrogens with two attached hydrogens (primary N) is 1. The number of carbonyl (C=O) groups excluding carboxylic acids is 1. The Bertz CT molecular complexity index is 1360. The number of phenols is 1. The van der Waals surface area contributed by atoms with Gasteiger partial charge in [0.15, 0.2) is 0 Å². The van der Waals surface area contributed by atoms with E-state index in [9.17, 15) is 18.3 Å². The molecule has 1 atom stereocenters. The Morgan fingerprint density at radius 1 is 1.18 bits per heavy atom. The van der Waals surface area contributed by atoms with E-state index in [4.69, 9.17) is 15.9 Å². The van der Waals surface area contributed by atoms with Gasteiger partial charge in [-0.05, 0) is 59.7 Å². The number of ether oxygens (including phenoxy) is 1. The maximum absolute atomic E-state index is 13.0. The first-order chi connectivity index (χ1) is 15.7. The number of nitrogen functional groups attached to an aromatic ring is 1. The molecule has 0 aromatic heterocycles. The monoisotopic (exact) mass is 468 g/mol. The van der Waals surface area contributed by atoms with E-state index in [1.165, 1.54) is 30.2 Å². The minimum atomic E-state index is -3.94. The molecule has 1 amide bonds. The van der Waals surface area contributed by atoms with Crippen LogP contribution in [0.15, 0.2) is 59.5 Å². The minimum Gasteiger partial charge on any atom is -0.508 e. The molecule has 5 N–H and O–H groups in total. The summed E-state index contributed by atoms with van der Waals surface area (Å²) < 4.78 is 33.7. The molecule has 1 aliphatic heterocycles. The number of aromatic hydroxyl groups is 1. The predicted octanol–water partition coefficient (Wildman–Crippen LogP) is 1.92. The lowest BCUT2D eigenvalue weighted by atomic mass is 10.1. The molecule has 33 heavy (non-hydrogen) atoms. The summed E-state index contributed by atoms with van der Waals surface area (Å²) in [6, 6.07) is 13.7. The van der Waals surface area contributed by atoms with Gasteiger partial charge in [-0.2, -0.15) is 4.72 Å². The van der Waals surface area contributed by atoms with Gasteiger partial charge < -0.3 is 20.5 Å². The zero-order valence-corrected chi connectivity index (χ0v) is 18.7. The second-order valence-corrected chi connectivity index (χ2v) is 9.57. The van der Waals surface area contributed by atoms with Crippen LogP contribution in [-0.2, 0) is 21.4 Å². The fourth-order valence-electron chi connectivity index (χ4n) is 3.84. The first-order valence-corrected chi connectivity index (χ1v) is 11.7. The Morgan fingerprint density at radius 2 is 1.94 bits per heavy atom. The highest BCUT2D eigenvalue weighted by Crippen LogP contribution is 2.26. The molecule has 1 aliphatic rings. The maximum Gasteiger partial charge on any atom is 0.241 e. The summed E-state index contributed by atoms with van der Waals surface area (Å²) in [4.78, 5) is 14.4. The highest BCUT2D eigenvalue weighted by molar-refractivity contribution is 7.89. The number of hydrogen-bond donors (Lipinski definition) is 4. The van der Waals surface area contributed by atoms with E-state index in [2.05, 4.69) is 4.72 Å². The molecule has 3 aromatic rings. The molecular weight excluding hydrogens is 444 g/mol. The number of nitrogens with one attached hydrogen (secondary N) is 2. The van der Waals surface area contributed by atoms with E-state index in [0.717, 1.165) is 5.39 Å². The number of nitrogens with zero attached hydrogens (tertiary/aromatic N) is 1. The molecular formula is C23H24N4O5S. The fourth-order valence-corrected chi connectivity index (χ4v) is 5.10. The number of hydrogen-bond acceptors (Lipinski definition) is 6. The van der Waals surface area contributed by atoms with Gasteiger partial charge in [0.05, 0.1) is 12.0 Å². The van der Waals surface area contributed by atoms with Gasteiger partial charge in [0, 0.05) is 24.2 Å².